The van der Waals surface area contributed by atoms with Gasteiger partial charge in [0.25, 0.3) is 16.0 Å². The first-order valence-corrected chi connectivity index (χ1v) is 9.71. The van der Waals surface area contributed by atoms with E-state index in [9.17, 15) is 18.3 Å². The summed E-state index contributed by atoms with van der Waals surface area (Å²) in [5.74, 6) is -0.720. The number of rotatable bonds is 6. The van der Waals surface area contributed by atoms with Crippen LogP contribution in [0.1, 0.15) is 12.5 Å². The van der Waals surface area contributed by atoms with Gasteiger partial charge >= 0.3 is 0 Å². The van der Waals surface area contributed by atoms with Gasteiger partial charge in [0.2, 0.25) is 0 Å². The molecule has 1 aliphatic heterocycles. The number of benzene rings is 1. The molecule has 7 nitrogen and oxygen atoms in total. The second-order valence-electron chi connectivity index (χ2n) is 4.78. The summed E-state index contributed by atoms with van der Waals surface area (Å²) < 4.78 is 35.9. The van der Waals surface area contributed by atoms with Crippen LogP contribution in [0.2, 0.25) is 0 Å². The minimum atomic E-state index is -4.18. The van der Waals surface area contributed by atoms with E-state index in [0.29, 0.717) is 22.8 Å². The lowest BCUT2D eigenvalue weighted by Crippen LogP contribution is -2.32. The summed E-state index contributed by atoms with van der Waals surface area (Å²) in [5, 5.41) is 9.68. The molecule has 0 aliphatic carbocycles. The van der Waals surface area contributed by atoms with Crippen molar-refractivity contribution in [1.29, 1.82) is 0 Å². The number of aromatic hydroxyl groups is 1. The molecule has 1 aliphatic rings. The molecule has 0 spiro atoms. The van der Waals surface area contributed by atoms with Crippen molar-refractivity contribution in [2.75, 3.05) is 18.9 Å². The molecule has 0 atom stereocenters. The predicted molar refractivity (Wildman–Crippen MR) is 95.6 cm³/mol. The molecule has 130 valence electrons. The first-order valence-electron chi connectivity index (χ1n) is 6.87. The highest BCUT2D eigenvalue weighted by atomic mass is 32.2. The van der Waals surface area contributed by atoms with Crippen molar-refractivity contribution in [3.05, 3.63) is 28.7 Å². The van der Waals surface area contributed by atoms with Crippen LogP contribution in [-0.2, 0) is 14.9 Å². The number of carbonyl (C=O) groups excluding carboxylic acids is 1. The number of thiocarbonyl (C=S) groups is 1. The third-order valence-corrected chi connectivity index (χ3v) is 5.10. The van der Waals surface area contributed by atoms with Crippen molar-refractivity contribution in [3.63, 3.8) is 0 Å². The van der Waals surface area contributed by atoms with Crippen LogP contribution in [-0.4, -0.2) is 52.1 Å². The van der Waals surface area contributed by atoms with Gasteiger partial charge < -0.3 is 9.84 Å². The standard InChI is InChI=1S/C14H15NO6S3/c1-2-21-11-7-9(3-4-10(11)16)8-12-13(17)15(14(22)23-12)5-6-24(18,19)20/h3-4,7-8,16H,2,5-6H2,1H3,(H,18,19,20)/b12-8+. The SMILES string of the molecule is CCOc1cc(/C=C2/SC(=S)N(CCS(=O)(=O)O)C2=O)ccc1O. The van der Waals surface area contributed by atoms with Crippen molar-refractivity contribution < 1.29 is 27.6 Å². The highest BCUT2D eigenvalue weighted by molar-refractivity contribution is 8.26. The highest BCUT2D eigenvalue weighted by Crippen LogP contribution is 2.34. The lowest BCUT2D eigenvalue weighted by Gasteiger charge is -2.12. The quantitative estimate of drug-likeness (QED) is 0.432. The fourth-order valence-corrected chi connectivity index (χ4v) is 3.66. The number of ether oxygens (including phenoxy) is 1. The van der Waals surface area contributed by atoms with Gasteiger partial charge in [-0.15, -0.1) is 0 Å². The fourth-order valence-electron chi connectivity index (χ4n) is 1.94. The zero-order chi connectivity index (χ0) is 17.9. The Bertz CT molecular complexity index is 803. The molecule has 0 unspecified atom stereocenters. The molecular formula is C14H15NO6S3. The fraction of sp³-hybridized carbons (Fsp3) is 0.286. The van der Waals surface area contributed by atoms with E-state index >= 15 is 0 Å². The molecule has 0 radical (unpaired) electrons. The van der Waals surface area contributed by atoms with Crippen LogP contribution in [0.25, 0.3) is 6.08 Å². The molecule has 2 N–H and O–H groups in total. The smallest absolute Gasteiger partial charge is 0.266 e. The van der Waals surface area contributed by atoms with Gasteiger partial charge in [0.1, 0.15) is 4.32 Å². The first-order chi connectivity index (χ1) is 11.2. The Balaban J connectivity index is 2.21. The van der Waals surface area contributed by atoms with Gasteiger partial charge in [0.15, 0.2) is 11.5 Å². The molecule has 1 saturated heterocycles. The highest BCUT2D eigenvalue weighted by Gasteiger charge is 2.32. The molecule has 24 heavy (non-hydrogen) atoms. The van der Waals surface area contributed by atoms with Crippen LogP contribution in [0.5, 0.6) is 11.5 Å². The van der Waals surface area contributed by atoms with E-state index in [1.807, 2.05) is 0 Å². The van der Waals surface area contributed by atoms with Gasteiger partial charge in [0.05, 0.1) is 17.3 Å². The molecular weight excluding hydrogens is 374 g/mol. The second-order valence-corrected chi connectivity index (χ2v) is 8.03. The summed E-state index contributed by atoms with van der Waals surface area (Å²) >= 11 is 6.11. The molecule has 10 heteroatoms. The Hall–Kier alpha value is -1.62. The third-order valence-electron chi connectivity index (χ3n) is 3.03. The van der Waals surface area contributed by atoms with Gasteiger partial charge in [-0.25, -0.2) is 0 Å². The largest absolute Gasteiger partial charge is 0.504 e. The maximum absolute atomic E-state index is 12.3. The second kappa shape index (κ2) is 7.51. The molecule has 1 amide bonds. The van der Waals surface area contributed by atoms with Crippen LogP contribution in [0.3, 0.4) is 0 Å². The summed E-state index contributed by atoms with van der Waals surface area (Å²) in [6, 6.07) is 4.65. The number of thioether (sulfide) groups is 1. The monoisotopic (exact) mass is 389 g/mol. The minimum Gasteiger partial charge on any atom is -0.504 e. The van der Waals surface area contributed by atoms with Crippen LogP contribution in [0.15, 0.2) is 23.1 Å². The van der Waals surface area contributed by atoms with Gasteiger partial charge in [0, 0.05) is 6.54 Å². The maximum atomic E-state index is 12.3. The molecule has 1 fully saturated rings. The number of phenols is 1. The number of hydrogen-bond acceptors (Lipinski definition) is 7. The molecule has 1 heterocycles. The summed E-state index contributed by atoms with van der Waals surface area (Å²) in [7, 11) is -4.18. The molecule has 1 aromatic carbocycles. The van der Waals surface area contributed by atoms with Crippen molar-refractivity contribution in [2.45, 2.75) is 6.92 Å². The zero-order valence-corrected chi connectivity index (χ0v) is 15.1. The average Bonchev–Trinajstić information content (AvgIpc) is 2.74. The Labute approximate surface area is 149 Å². The van der Waals surface area contributed by atoms with Crippen molar-refractivity contribution in [1.82, 2.24) is 4.90 Å². The number of phenolic OH excluding ortho intramolecular Hbond substituents is 1. The van der Waals surface area contributed by atoms with E-state index in [1.54, 1.807) is 25.1 Å². The normalized spacial score (nSPS) is 16.9. The van der Waals surface area contributed by atoms with Crippen molar-refractivity contribution in [2.24, 2.45) is 0 Å². The molecule has 0 bridgehead atoms. The van der Waals surface area contributed by atoms with Crippen LogP contribution < -0.4 is 4.74 Å². The van der Waals surface area contributed by atoms with Crippen LogP contribution in [0, 0.1) is 0 Å². The lowest BCUT2D eigenvalue weighted by atomic mass is 10.2. The van der Waals surface area contributed by atoms with E-state index in [1.165, 1.54) is 6.07 Å². The predicted octanol–water partition coefficient (Wildman–Crippen LogP) is 1.88. The summed E-state index contributed by atoms with van der Waals surface area (Å²) in [6.45, 7) is 1.96. The van der Waals surface area contributed by atoms with Gasteiger partial charge in [-0.1, -0.05) is 30.0 Å². The Morgan fingerprint density at radius 1 is 1.42 bits per heavy atom. The Kier molecular flexibility index (Phi) is 5.86. The average molecular weight is 389 g/mol. The lowest BCUT2D eigenvalue weighted by molar-refractivity contribution is -0.121. The molecule has 0 saturated carbocycles. The molecule has 0 aromatic heterocycles. The molecule has 2 rings (SSSR count). The number of hydrogen-bond donors (Lipinski definition) is 2. The van der Waals surface area contributed by atoms with E-state index in [0.717, 1.165) is 16.7 Å². The minimum absolute atomic E-state index is 0.00491. The van der Waals surface area contributed by atoms with Crippen LogP contribution in [0.4, 0.5) is 0 Å². The van der Waals surface area contributed by atoms with E-state index in [2.05, 4.69) is 0 Å². The third kappa shape index (κ3) is 4.69. The number of carbonyl (C=O) groups is 1. The van der Waals surface area contributed by atoms with Crippen molar-refractivity contribution >= 4 is 50.4 Å². The van der Waals surface area contributed by atoms with Gasteiger partial charge in [-0.3, -0.25) is 14.2 Å². The van der Waals surface area contributed by atoms with E-state index in [-0.39, 0.29) is 16.6 Å². The topological polar surface area (TPSA) is 104 Å². The molecule has 1 aromatic rings. The zero-order valence-electron chi connectivity index (χ0n) is 12.6. The van der Waals surface area contributed by atoms with Gasteiger partial charge in [-0.2, -0.15) is 8.42 Å². The van der Waals surface area contributed by atoms with Crippen molar-refractivity contribution in [3.8, 4) is 11.5 Å². The van der Waals surface area contributed by atoms with E-state index < -0.39 is 21.8 Å². The Morgan fingerprint density at radius 2 is 2.12 bits per heavy atom. The summed E-state index contributed by atoms with van der Waals surface area (Å²) in [4.78, 5) is 13.8. The van der Waals surface area contributed by atoms with Gasteiger partial charge in [-0.05, 0) is 30.7 Å². The summed E-state index contributed by atoms with van der Waals surface area (Å²) in [6.07, 6.45) is 1.58. The summed E-state index contributed by atoms with van der Waals surface area (Å²) in [5.41, 5.74) is 0.631. The van der Waals surface area contributed by atoms with E-state index in [4.69, 9.17) is 21.5 Å². The van der Waals surface area contributed by atoms with Crippen LogP contribution >= 0.6 is 24.0 Å². The first kappa shape index (κ1) is 18.7. The number of nitrogens with zero attached hydrogens (tertiary/aromatic N) is 1. The number of amides is 1. The Morgan fingerprint density at radius 3 is 2.75 bits per heavy atom. The maximum Gasteiger partial charge on any atom is 0.266 e.